The molecule has 17 heavy (non-hydrogen) atoms. The van der Waals surface area contributed by atoms with Crippen LogP contribution in [0.4, 0.5) is 11.5 Å². The minimum Gasteiger partial charge on any atom is -0.464 e. The Bertz CT molecular complexity index is 527. The van der Waals surface area contributed by atoms with E-state index < -0.39 is 0 Å². The van der Waals surface area contributed by atoms with E-state index in [1.165, 1.54) is 0 Å². The van der Waals surface area contributed by atoms with Crippen LogP contribution >= 0.6 is 0 Å². The van der Waals surface area contributed by atoms with Crippen molar-refractivity contribution in [3.05, 3.63) is 29.3 Å². The molecule has 92 valence electrons. The number of nitrogens with zero attached hydrogens (tertiary/aromatic N) is 3. The fourth-order valence-corrected chi connectivity index (χ4v) is 1.99. The van der Waals surface area contributed by atoms with Crippen molar-refractivity contribution in [3.8, 4) is 0 Å². The number of aromatic nitrogens is 2. The van der Waals surface area contributed by atoms with Gasteiger partial charge in [0.2, 0.25) is 0 Å². The molecule has 0 aliphatic rings. The molecule has 0 amide bonds. The lowest BCUT2D eigenvalue weighted by Crippen LogP contribution is -2.20. The van der Waals surface area contributed by atoms with Gasteiger partial charge in [0.25, 0.3) is 0 Å². The maximum absolute atomic E-state index is 6.01. The Morgan fingerprint density at radius 1 is 1.41 bits per heavy atom. The molecule has 5 nitrogen and oxygen atoms in total. The molecule has 5 heteroatoms. The summed E-state index contributed by atoms with van der Waals surface area (Å²) in [4.78, 5) is 2.04. The van der Waals surface area contributed by atoms with Gasteiger partial charge in [-0.05, 0) is 26.0 Å². The van der Waals surface area contributed by atoms with Gasteiger partial charge in [-0.15, -0.1) is 0 Å². The number of nitrogens with two attached hydrogens (primary N) is 1. The van der Waals surface area contributed by atoms with Gasteiger partial charge in [-0.1, -0.05) is 0 Å². The van der Waals surface area contributed by atoms with Gasteiger partial charge in [0, 0.05) is 14.1 Å². The third kappa shape index (κ3) is 2.13. The van der Waals surface area contributed by atoms with Crippen LogP contribution in [0.15, 0.2) is 16.5 Å². The molecule has 0 saturated carbocycles. The first-order valence-corrected chi connectivity index (χ1v) is 5.54. The molecular formula is C12H18N4O. The van der Waals surface area contributed by atoms with Crippen molar-refractivity contribution in [2.75, 3.05) is 17.7 Å². The molecule has 0 aliphatic heterocycles. The summed E-state index contributed by atoms with van der Waals surface area (Å²) in [6, 6.07) is 3.94. The molecule has 0 aromatic carbocycles. The molecule has 0 fully saturated rings. The molecule has 2 N–H and O–H groups in total. The second-order valence-corrected chi connectivity index (χ2v) is 4.31. The van der Waals surface area contributed by atoms with Crippen LogP contribution in [0.2, 0.25) is 0 Å². The van der Waals surface area contributed by atoms with E-state index in [2.05, 4.69) is 5.10 Å². The van der Waals surface area contributed by atoms with E-state index in [-0.39, 0.29) is 0 Å². The van der Waals surface area contributed by atoms with E-state index in [4.69, 9.17) is 10.2 Å². The number of hydrogen-bond acceptors (Lipinski definition) is 4. The first kappa shape index (κ1) is 11.6. The zero-order valence-corrected chi connectivity index (χ0v) is 10.7. The lowest BCUT2D eigenvalue weighted by Gasteiger charge is -2.18. The summed E-state index contributed by atoms with van der Waals surface area (Å²) in [5.74, 6) is 2.75. The number of hydrogen-bond donors (Lipinski definition) is 1. The van der Waals surface area contributed by atoms with E-state index in [1.54, 1.807) is 4.68 Å². The zero-order chi connectivity index (χ0) is 12.6. The minimum absolute atomic E-state index is 0.678. The molecule has 0 spiro atoms. The summed E-state index contributed by atoms with van der Waals surface area (Å²) in [5, 5.41) is 4.30. The highest BCUT2D eigenvalue weighted by Gasteiger charge is 2.15. The first-order valence-electron chi connectivity index (χ1n) is 5.54. The van der Waals surface area contributed by atoms with Gasteiger partial charge < -0.3 is 15.1 Å². The molecule has 2 aromatic heterocycles. The van der Waals surface area contributed by atoms with Crippen LogP contribution in [0.5, 0.6) is 0 Å². The predicted molar refractivity (Wildman–Crippen MR) is 67.9 cm³/mol. The van der Waals surface area contributed by atoms with Gasteiger partial charge in [-0.25, -0.2) is 0 Å². The molecule has 0 aliphatic carbocycles. The van der Waals surface area contributed by atoms with E-state index in [1.807, 2.05) is 45.0 Å². The number of furan rings is 1. The maximum atomic E-state index is 6.01. The third-order valence-electron chi connectivity index (χ3n) is 2.79. The molecule has 0 unspecified atom stereocenters. The van der Waals surface area contributed by atoms with Crippen molar-refractivity contribution < 1.29 is 4.42 Å². The highest BCUT2D eigenvalue weighted by Crippen LogP contribution is 2.25. The van der Waals surface area contributed by atoms with Crippen LogP contribution in [0.25, 0.3) is 0 Å². The van der Waals surface area contributed by atoms with Crippen LogP contribution in [0.3, 0.4) is 0 Å². The van der Waals surface area contributed by atoms with Gasteiger partial charge in [-0.3, -0.25) is 4.68 Å². The summed E-state index contributed by atoms with van der Waals surface area (Å²) in [6.07, 6.45) is 0. The largest absolute Gasteiger partial charge is 0.464 e. The van der Waals surface area contributed by atoms with Crippen molar-refractivity contribution >= 4 is 11.5 Å². The lowest BCUT2D eigenvalue weighted by atomic mass is 10.3. The summed E-state index contributed by atoms with van der Waals surface area (Å²) >= 11 is 0. The van der Waals surface area contributed by atoms with Crippen molar-refractivity contribution in [2.24, 2.45) is 7.05 Å². The van der Waals surface area contributed by atoms with Crippen molar-refractivity contribution in [3.63, 3.8) is 0 Å². The highest BCUT2D eigenvalue weighted by atomic mass is 16.3. The smallest absolute Gasteiger partial charge is 0.150 e. The Kier molecular flexibility index (Phi) is 2.83. The summed E-state index contributed by atoms with van der Waals surface area (Å²) < 4.78 is 7.34. The molecule has 0 saturated heterocycles. The Hall–Kier alpha value is -1.91. The topological polar surface area (TPSA) is 60.2 Å². The molecule has 0 bridgehead atoms. The van der Waals surface area contributed by atoms with E-state index in [0.717, 1.165) is 28.7 Å². The van der Waals surface area contributed by atoms with Crippen molar-refractivity contribution in [1.82, 2.24) is 9.78 Å². The number of nitrogen functional groups attached to an aromatic ring is 1. The quantitative estimate of drug-likeness (QED) is 0.880. The van der Waals surface area contributed by atoms with Gasteiger partial charge in [0.05, 0.1) is 17.9 Å². The summed E-state index contributed by atoms with van der Waals surface area (Å²) in [7, 11) is 3.87. The predicted octanol–water partition coefficient (Wildman–Crippen LogP) is 1.85. The van der Waals surface area contributed by atoms with E-state index in [9.17, 15) is 0 Å². The van der Waals surface area contributed by atoms with Crippen molar-refractivity contribution in [2.45, 2.75) is 20.4 Å². The van der Waals surface area contributed by atoms with Crippen molar-refractivity contribution in [1.29, 1.82) is 0 Å². The zero-order valence-electron chi connectivity index (χ0n) is 10.7. The number of rotatable bonds is 3. The lowest BCUT2D eigenvalue weighted by molar-refractivity contribution is 0.480. The second-order valence-electron chi connectivity index (χ2n) is 4.31. The van der Waals surface area contributed by atoms with E-state index >= 15 is 0 Å². The first-order chi connectivity index (χ1) is 7.99. The monoisotopic (exact) mass is 234 g/mol. The average Bonchev–Trinajstić information content (AvgIpc) is 2.73. The Balaban J connectivity index is 2.22. The third-order valence-corrected chi connectivity index (χ3v) is 2.79. The SMILES string of the molecule is Cc1ccc(CN(C)c2c(N)c(C)nn2C)o1. The van der Waals surface area contributed by atoms with Crippen LogP contribution in [0.1, 0.15) is 17.2 Å². The molecule has 2 rings (SSSR count). The Labute approximate surface area is 101 Å². The standard InChI is InChI=1S/C12H18N4O/c1-8-5-6-10(17-8)7-15(3)12-11(13)9(2)14-16(12)4/h5-6H,7,13H2,1-4H3. The van der Waals surface area contributed by atoms with Gasteiger partial charge in [0.1, 0.15) is 11.5 Å². The van der Waals surface area contributed by atoms with Gasteiger partial charge >= 0.3 is 0 Å². The van der Waals surface area contributed by atoms with Crippen LogP contribution < -0.4 is 10.6 Å². The molecule has 2 heterocycles. The molecule has 2 aromatic rings. The minimum atomic E-state index is 0.678. The summed E-state index contributed by atoms with van der Waals surface area (Å²) in [6.45, 7) is 4.52. The van der Waals surface area contributed by atoms with Crippen LogP contribution in [0, 0.1) is 13.8 Å². The highest BCUT2D eigenvalue weighted by molar-refractivity contribution is 5.65. The fraction of sp³-hybridized carbons (Fsp3) is 0.417. The average molecular weight is 234 g/mol. The number of aryl methyl sites for hydroxylation is 3. The van der Waals surface area contributed by atoms with Crippen LogP contribution in [-0.4, -0.2) is 16.8 Å². The Morgan fingerprint density at radius 3 is 2.59 bits per heavy atom. The molecular weight excluding hydrogens is 216 g/mol. The summed E-state index contributed by atoms with van der Waals surface area (Å²) in [5.41, 5.74) is 7.58. The second kappa shape index (κ2) is 4.16. The Morgan fingerprint density at radius 2 is 2.12 bits per heavy atom. The molecule has 0 atom stereocenters. The molecule has 0 radical (unpaired) electrons. The maximum Gasteiger partial charge on any atom is 0.150 e. The van der Waals surface area contributed by atoms with E-state index in [0.29, 0.717) is 6.54 Å². The van der Waals surface area contributed by atoms with Gasteiger partial charge in [0.15, 0.2) is 5.82 Å². The normalized spacial score (nSPS) is 10.8. The van der Waals surface area contributed by atoms with Crippen LogP contribution in [-0.2, 0) is 13.6 Å². The fourth-order valence-electron chi connectivity index (χ4n) is 1.99. The van der Waals surface area contributed by atoms with Gasteiger partial charge in [-0.2, -0.15) is 5.10 Å². The number of anilines is 2.